The van der Waals surface area contributed by atoms with E-state index >= 15 is 0 Å². The van der Waals surface area contributed by atoms with Crippen molar-refractivity contribution in [2.45, 2.75) is 77.0 Å². The van der Waals surface area contributed by atoms with Crippen molar-refractivity contribution in [1.82, 2.24) is 0 Å². The predicted octanol–water partition coefficient (Wildman–Crippen LogP) is 5.27. The number of fused-ring (bicyclic) bond motifs is 10. The molecule has 0 spiro atoms. The normalized spacial score (nSPS) is 27.5. The Morgan fingerprint density at radius 1 is 0.500 bits per heavy atom. The van der Waals surface area contributed by atoms with Crippen molar-refractivity contribution in [3.8, 4) is 23.0 Å². The molecule has 8 nitrogen and oxygen atoms in total. The number of esters is 4. The molecule has 6 rings (SSSR count). The molecule has 4 aliphatic rings. The molecule has 38 heavy (non-hydrogen) atoms. The largest absolute Gasteiger partial charge is 0.426 e. The van der Waals surface area contributed by atoms with Crippen molar-refractivity contribution in [3.63, 3.8) is 0 Å². The number of carbonyl (C=O) groups is 4. The van der Waals surface area contributed by atoms with Gasteiger partial charge in [-0.3, -0.25) is 19.2 Å². The number of carbonyl (C=O) groups excluding carboxylic acids is 4. The van der Waals surface area contributed by atoms with Crippen LogP contribution in [0.1, 0.15) is 99.3 Å². The van der Waals surface area contributed by atoms with E-state index in [1.807, 2.05) is 0 Å². The van der Waals surface area contributed by atoms with Crippen LogP contribution in [0.25, 0.3) is 0 Å². The van der Waals surface area contributed by atoms with Crippen molar-refractivity contribution >= 4 is 23.9 Å². The van der Waals surface area contributed by atoms with Gasteiger partial charge in [-0.25, -0.2) is 0 Å². The molecule has 0 N–H and O–H groups in total. The van der Waals surface area contributed by atoms with Gasteiger partial charge in [0, 0.05) is 49.9 Å². The maximum absolute atomic E-state index is 11.9. The third-order valence-electron chi connectivity index (χ3n) is 8.76. The highest BCUT2D eigenvalue weighted by Gasteiger charge is 2.56. The van der Waals surface area contributed by atoms with E-state index in [1.165, 1.54) is 27.7 Å². The molecule has 2 aromatic rings. The Kier molecular flexibility index (Phi) is 5.81. The summed E-state index contributed by atoms with van der Waals surface area (Å²) in [6, 6.07) is 6.92. The average molecular weight is 519 g/mol. The zero-order valence-corrected chi connectivity index (χ0v) is 21.9. The van der Waals surface area contributed by atoms with Crippen molar-refractivity contribution in [3.05, 3.63) is 46.5 Å². The van der Waals surface area contributed by atoms with Gasteiger partial charge in [0.15, 0.2) is 0 Å². The van der Waals surface area contributed by atoms with Crippen LogP contribution < -0.4 is 18.9 Å². The van der Waals surface area contributed by atoms with E-state index in [2.05, 4.69) is 0 Å². The molecule has 0 heterocycles. The number of ether oxygens (including phenoxy) is 4. The fraction of sp³-hybridized carbons (Fsp3) is 0.467. The minimum Gasteiger partial charge on any atom is -0.426 e. The first-order valence-electron chi connectivity index (χ1n) is 13.2. The van der Waals surface area contributed by atoms with Crippen LogP contribution in [-0.4, -0.2) is 23.9 Å². The van der Waals surface area contributed by atoms with Crippen LogP contribution >= 0.6 is 0 Å². The first kappa shape index (κ1) is 24.6. The highest BCUT2D eigenvalue weighted by atomic mass is 16.5. The van der Waals surface area contributed by atoms with Gasteiger partial charge >= 0.3 is 23.9 Å². The van der Waals surface area contributed by atoms with Gasteiger partial charge in [-0.05, 0) is 85.5 Å². The molecule has 2 unspecified atom stereocenters. The van der Waals surface area contributed by atoms with Crippen molar-refractivity contribution in [2.75, 3.05) is 0 Å². The molecule has 2 fully saturated rings. The minimum atomic E-state index is -0.385. The van der Waals surface area contributed by atoms with Crippen molar-refractivity contribution in [1.29, 1.82) is 0 Å². The summed E-state index contributed by atoms with van der Waals surface area (Å²) in [5.41, 5.74) is 3.94. The smallest absolute Gasteiger partial charge is 0.308 e. The first-order valence-corrected chi connectivity index (χ1v) is 13.2. The molecule has 0 amide bonds. The Bertz CT molecular complexity index is 1290. The predicted molar refractivity (Wildman–Crippen MR) is 135 cm³/mol. The zero-order valence-electron chi connectivity index (χ0n) is 21.9. The van der Waals surface area contributed by atoms with Crippen LogP contribution in [0.5, 0.6) is 23.0 Å². The molecular weight excluding hydrogens is 488 g/mol. The summed E-state index contributed by atoms with van der Waals surface area (Å²) in [6.45, 7) is 5.56. The van der Waals surface area contributed by atoms with Crippen LogP contribution in [-0.2, 0) is 19.2 Å². The summed E-state index contributed by atoms with van der Waals surface area (Å²) in [5.74, 6) is 2.09. The Labute approximate surface area is 220 Å². The third kappa shape index (κ3) is 3.89. The molecule has 0 radical (unpaired) electrons. The average Bonchev–Trinajstić information content (AvgIpc) is 3.59. The first-order chi connectivity index (χ1) is 18.1. The van der Waals surface area contributed by atoms with E-state index in [4.69, 9.17) is 18.9 Å². The highest BCUT2D eigenvalue weighted by Crippen LogP contribution is 2.70. The Balaban J connectivity index is 1.38. The van der Waals surface area contributed by atoms with Crippen molar-refractivity contribution < 1.29 is 38.1 Å². The van der Waals surface area contributed by atoms with E-state index in [1.54, 1.807) is 24.3 Å². The van der Waals surface area contributed by atoms with Crippen LogP contribution in [0, 0.1) is 11.8 Å². The van der Waals surface area contributed by atoms with Gasteiger partial charge in [-0.2, -0.15) is 0 Å². The molecular formula is C30H30O8. The minimum absolute atomic E-state index is 0.168. The maximum Gasteiger partial charge on any atom is 0.308 e. The van der Waals surface area contributed by atoms with Gasteiger partial charge in [0.2, 0.25) is 0 Å². The number of hydrogen-bond acceptors (Lipinski definition) is 8. The second-order valence-corrected chi connectivity index (χ2v) is 11.0. The number of rotatable bonds is 5. The van der Waals surface area contributed by atoms with Gasteiger partial charge in [0.05, 0.1) is 0 Å². The van der Waals surface area contributed by atoms with E-state index in [0.717, 1.165) is 47.9 Å². The van der Waals surface area contributed by atoms with Gasteiger partial charge < -0.3 is 18.9 Å². The van der Waals surface area contributed by atoms with Gasteiger partial charge in [-0.1, -0.05) is 0 Å². The lowest BCUT2D eigenvalue weighted by Gasteiger charge is -2.36. The maximum atomic E-state index is 11.9. The van der Waals surface area contributed by atoms with Crippen molar-refractivity contribution in [2.24, 2.45) is 11.8 Å². The lowest BCUT2D eigenvalue weighted by molar-refractivity contribution is -0.133. The summed E-state index contributed by atoms with van der Waals surface area (Å²) in [4.78, 5) is 47.4. The number of benzene rings is 2. The lowest BCUT2D eigenvalue weighted by Crippen LogP contribution is -2.26. The summed E-state index contributed by atoms with van der Waals surface area (Å²) in [5, 5.41) is 0. The van der Waals surface area contributed by atoms with Gasteiger partial charge in [0.1, 0.15) is 23.0 Å². The fourth-order valence-corrected chi connectivity index (χ4v) is 8.00. The topological polar surface area (TPSA) is 105 Å². The Morgan fingerprint density at radius 3 is 1.08 bits per heavy atom. The summed E-state index contributed by atoms with van der Waals surface area (Å²) in [6.07, 6.45) is 3.73. The quantitative estimate of drug-likeness (QED) is 0.389. The Hall–Kier alpha value is -3.68. The van der Waals surface area contributed by atoms with E-state index in [-0.39, 0.29) is 47.5 Å². The molecule has 8 heteroatoms. The molecule has 2 aromatic carbocycles. The molecule has 198 valence electrons. The molecule has 4 aliphatic carbocycles. The second kappa shape index (κ2) is 8.96. The fourth-order valence-electron chi connectivity index (χ4n) is 8.00. The second-order valence-electron chi connectivity index (χ2n) is 11.0. The van der Waals surface area contributed by atoms with E-state index < -0.39 is 0 Å². The monoisotopic (exact) mass is 518 g/mol. The van der Waals surface area contributed by atoms with Crippen LogP contribution in [0.2, 0.25) is 0 Å². The number of hydrogen-bond donors (Lipinski definition) is 0. The molecule has 2 saturated carbocycles. The van der Waals surface area contributed by atoms with E-state index in [9.17, 15) is 19.2 Å². The standard InChI is InChI=1S/C30H30O8/c1-13(31)35-23-5-7-25(37-15(3)33)29-21-11-17(27(23)29)9-19(21)20-10-18-12-22(20)30-26(38-16(4)34)8-6-24(28(18)30)36-14(2)32/h5-8,17-22H,9-12H2,1-4H3/t17-,18+,19?,20?,21-,22+. The third-order valence-corrected chi connectivity index (χ3v) is 8.76. The summed E-state index contributed by atoms with van der Waals surface area (Å²) >= 11 is 0. The van der Waals surface area contributed by atoms with E-state index in [0.29, 0.717) is 34.8 Å². The molecule has 4 bridgehead atoms. The summed E-state index contributed by atoms with van der Waals surface area (Å²) in [7, 11) is 0. The molecule has 0 aromatic heterocycles. The van der Waals surface area contributed by atoms with Gasteiger partial charge in [0.25, 0.3) is 0 Å². The summed E-state index contributed by atoms with van der Waals surface area (Å²) < 4.78 is 22.4. The van der Waals surface area contributed by atoms with Crippen LogP contribution in [0.3, 0.4) is 0 Å². The van der Waals surface area contributed by atoms with Gasteiger partial charge in [-0.15, -0.1) is 0 Å². The zero-order chi connectivity index (χ0) is 26.9. The molecule has 6 atom stereocenters. The van der Waals surface area contributed by atoms with Crippen LogP contribution in [0.15, 0.2) is 24.3 Å². The van der Waals surface area contributed by atoms with Crippen LogP contribution in [0.4, 0.5) is 0 Å². The molecule has 0 saturated heterocycles. The lowest BCUT2D eigenvalue weighted by atomic mass is 9.69. The Morgan fingerprint density at radius 2 is 0.789 bits per heavy atom. The highest BCUT2D eigenvalue weighted by molar-refractivity contribution is 5.75. The molecule has 0 aliphatic heterocycles. The SMILES string of the molecule is CC(=O)Oc1ccc(OC(C)=O)c2c1[C@H]1CC(C3C[C@@H]4C[C@H]3c3c(OC(C)=O)ccc(OC(C)=O)c34)[C@@H]2C1.